The van der Waals surface area contributed by atoms with E-state index in [-0.39, 0.29) is 0 Å². The molecule has 0 spiro atoms. The molecule has 0 aliphatic heterocycles. The summed E-state index contributed by atoms with van der Waals surface area (Å²) in [7, 11) is 0. The van der Waals surface area contributed by atoms with E-state index in [1.54, 1.807) is 0 Å². The first-order chi connectivity index (χ1) is 10.1. The molecule has 3 atom stereocenters. The Labute approximate surface area is 137 Å². The summed E-state index contributed by atoms with van der Waals surface area (Å²) in [5.74, 6) is 7.38. The number of hydrazine groups is 1. The normalized spacial score (nSPS) is 24.2. The molecule has 0 saturated heterocycles. The van der Waals surface area contributed by atoms with Gasteiger partial charge in [-0.3, -0.25) is 16.0 Å². The third-order valence-corrected chi connectivity index (χ3v) is 5.78. The SMILES string of the molecule is CCc1nn(CC)c(CC(NN)C2CCCC(C)C2)c1Br. The summed E-state index contributed by atoms with van der Waals surface area (Å²) < 4.78 is 3.30. The topological polar surface area (TPSA) is 55.9 Å². The number of hydrogen-bond acceptors (Lipinski definition) is 3. The molecule has 1 aliphatic carbocycles. The molecule has 1 saturated carbocycles. The first-order valence-electron chi connectivity index (χ1n) is 8.30. The maximum absolute atomic E-state index is 5.88. The fraction of sp³-hybridized carbons (Fsp3) is 0.812. The summed E-state index contributed by atoms with van der Waals surface area (Å²) >= 11 is 3.74. The van der Waals surface area contributed by atoms with E-state index in [2.05, 4.69) is 46.8 Å². The monoisotopic (exact) mass is 356 g/mol. The molecular weight excluding hydrogens is 328 g/mol. The summed E-state index contributed by atoms with van der Waals surface area (Å²) in [6.45, 7) is 7.57. The number of nitrogens with two attached hydrogens (primary N) is 1. The van der Waals surface area contributed by atoms with E-state index >= 15 is 0 Å². The summed E-state index contributed by atoms with van der Waals surface area (Å²) in [5.41, 5.74) is 5.52. The summed E-state index contributed by atoms with van der Waals surface area (Å²) in [5, 5.41) is 4.70. The molecule has 1 fully saturated rings. The van der Waals surface area contributed by atoms with E-state index in [0.29, 0.717) is 12.0 Å². The molecular formula is C16H29BrN4. The van der Waals surface area contributed by atoms with E-state index in [0.717, 1.165) is 31.0 Å². The highest BCUT2D eigenvalue weighted by molar-refractivity contribution is 9.10. The Morgan fingerprint density at radius 3 is 2.76 bits per heavy atom. The minimum atomic E-state index is 0.343. The lowest BCUT2D eigenvalue weighted by atomic mass is 9.77. The lowest BCUT2D eigenvalue weighted by Crippen LogP contribution is -2.44. The van der Waals surface area contributed by atoms with Crippen LogP contribution in [0.2, 0.25) is 0 Å². The molecule has 0 aromatic carbocycles. The molecule has 0 bridgehead atoms. The van der Waals surface area contributed by atoms with Crippen molar-refractivity contribution in [2.45, 2.75) is 71.9 Å². The fourth-order valence-corrected chi connectivity index (χ4v) is 4.35. The largest absolute Gasteiger partial charge is 0.271 e. The van der Waals surface area contributed by atoms with Gasteiger partial charge in [-0.15, -0.1) is 0 Å². The Kier molecular flexibility index (Phi) is 6.26. The van der Waals surface area contributed by atoms with Crippen LogP contribution in [0.3, 0.4) is 0 Å². The molecule has 1 heterocycles. The van der Waals surface area contributed by atoms with Gasteiger partial charge >= 0.3 is 0 Å². The second-order valence-corrected chi connectivity index (χ2v) is 7.18. The van der Waals surface area contributed by atoms with Crippen LogP contribution in [0.25, 0.3) is 0 Å². The standard InChI is InChI=1S/C16H29BrN4/c1-4-13-16(17)15(21(5-2)20-13)10-14(19-18)12-8-6-7-11(3)9-12/h11-12,14,19H,4-10,18H2,1-3H3. The van der Waals surface area contributed by atoms with Crippen molar-refractivity contribution in [1.82, 2.24) is 15.2 Å². The Morgan fingerprint density at radius 2 is 2.19 bits per heavy atom. The lowest BCUT2D eigenvalue weighted by molar-refractivity contribution is 0.220. The van der Waals surface area contributed by atoms with Crippen LogP contribution in [-0.2, 0) is 19.4 Å². The summed E-state index contributed by atoms with van der Waals surface area (Å²) in [4.78, 5) is 0. The molecule has 3 unspecified atom stereocenters. The highest BCUT2D eigenvalue weighted by Gasteiger charge is 2.28. The molecule has 5 heteroatoms. The van der Waals surface area contributed by atoms with Crippen molar-refractivity contribution in [2.24, 2.45) is 17.7 Å². The average Bonchev–Trinajstić information content (AvgIpc) is 2.80. The van der Waals surface area contributed by atoms with Crippen molar-refractivity contribution < 1.29 is 0 Å². The number of hydrogen-bond donors (Lipinski definition) is 2. The number of aryl methyl sites for hydroxylation is 2. The van der Waals surface area contributed by atoms with Crippen LogP contribution in [0.1, 0.15) is 57.8 Å². The summed E-state index contributed by atoms with van der Waals surface area (Å²) in [6, 6.07) is 0.343. The third kappa shape index (κ3) is 3.88. The Hall–Kier alpha value is -0.390. The number of nitrogens with one attached hydrogen (secondary N) is 1. The maximum Gasteiger partial charge on any atom is 0.0766 e. The fourth-order valence-electron chi connectivity index (χ4n) is 3.63. The van der Waals surface area contributed by atoms with Crippen molar-refractivity contribution in [3.8, 4) is 0 Å². The van der Waals surface area contributed by atoms with Crippen molar-refractivity contribution >= 4 is 15.9 Å². The number of aromatic nitrogens is 2. The van der Waals surface area contributed by atoms with Crippen molar-refractivity contribution in [3.63, 3.8) is 0 Å². The van der Waals surface area contributed by atoms with E-state index in [9.17, 15) is 0 Å². The predicted molar refractivity (Wildman–Crippen MR) is 90.9 cm³/mol. The van der Waals surface area contributed by atoms with Crippen molar-refractivity contribution in [1.29, 1.82) is 0 Å². The minimum absolute atomic E-state index is 0.343. The van der Waals surface area contributed by atoms with E-state index in [4.69, 9.17) is 10.9 Å². The van der Waals surface area contributed by atoms with Gasteiger partial charge in [-0.05, 0) is 54.0 Å². The van der Waals surface area contributed by atoms with Crippen LogP contribution in [0.4, 0.5) is 0 Å². The van der Waals surface area contributed by atoms with Crippen LogP contribution in [0, 0.1) is 11.8 Å². The highest BCUT2D eigenvalue weighted by Crippen LogP contribution is 2.33. The van der Waals surface area contributed by atoms with Crippen LogP contribution in [-0.4, -0.2) is 15.8 Å². The van der Waals surface area contributed by atoms with Crippen LogP contribution in [0.15, 0.2) is 4.47 Å². The van der Waals surface area contributed by atoms with Gasteiger partial charge in [0.25, 0.3) is 0 Å². The Bertz CT molecular complexity index is 457. The number of rotatable bonds is 6. The van der Waals surface area contributed by atoms with Gasteiger partial charge in [-0.2, -0.15) is 5.10 Å². The molecule has 2 rings (SSSR count). The van der Waals surface area contributed by atoms with E-state index < -0.39 is 0 Å². The van der Waals surface area contributed by atoms with Gasteiger partial charge in [0, 0.05) is 19.0 Å². The van der Waals surface area contributed by atoms with Gasteiger partial charge in [-0.25, -0.2) is 0 Å². The van der Waals surface area contributed by atoms with Gasteiger partial charge in [0.05, 0.1) is 15.9 Å². The zero-order valence-electron chi connectivity index (χ0n) is 13.5. The molecule has 0 radical (unpaired) electrons. The Morgan fingerprint density at radius 1 is 1.43 bits per heavy atom. The molecule has 1 aromatic heterocycles. The van der Waals surface area contributed by atoms with Crippen LogP contribution < -0.4 is 11.3 Å². The van der Waals surface area contributed by atoms with Crippen LogP contribution in [0.5, 0.6) is 0 Å². The highest BCUT2D eigenvalue weighted by atomic mass is 79.9. The van der Waals surface area contributed by atoms with Gasteiger partial charge in [-0.1, -0.05) is 26.7 Å². The first kappa shape index (κ1) is 17.0. The van der Waals surface area contributed by atoms with Crippen molar-refractivity contribution in [3.05, 3.63) is 15.9 Å². The van der Waals surface area contributed by atoms with E-state index in [1.807, 2.05) is 0 Å². The molecule has 1 aromatic rings. The second-order valence-electron chi connectivity index (χ2n) is 6.39. The smallest absolute Gasteiger partial charge is 0.0766 e. The third-order valence-electron chi connectivity index (χ3n) is 4.87. The molecule has 3 N–H and O–H groups in total. The van der Waals surface area contributed by atoms with Crippen LogP contribution >= 0.6 is 15.9 Å². The average molecular weight is 357 g/mol. The zero-order chi connectivity index (χ0) is 15.4. The molecule has 120 valence electrons. The molecule has 21 heavy (non-hydrogen) atoms. The van der Waals surface area contributed by atoms with Gasteiger partial charge in [0.2, 0.25) is 0 Å². The second kappa shape index (κ2) is 7.75. The predicted octanol–water partition coefficient (Wildman–Crippen LogP) is 3.43. The van der Waals surface area contributed by atoms with E-state index in [1.165, 1.54) is 35.8 Å². The molecule has 0 amide bonds. The molecule has 1 aliphatic rings. The number of halogens is 1. The summed E-state index contributed by atoms with van der Waals surface area (Å²) in [6.07, 6.45) is 7.19. The van der Waals surface area contributed by atoms with Gasteiger partial charge in [0.15, 0.2) is 0 Å². The zero-order valence-corrected chi connectivity index (χ0v) is 15.1. The first-order valence-corrected chi connectivity index (χ1v) is 9.10. The quantitative estimate of drug-likeness (QED) is 0.606. The lowest BCUT2D eigenvalue weighted by Gasteiger charge is -2.33. The van der Waals surface area contributed by atoms with Gasteiger partial charge < -0.3 is 0 Å². The molecule has 4 nitrogen and oxygen atoms in total. The number of nitrogens with zero attached hydrogens (tertiary/aromatic N) is 2. The van der Waals surface area contributed by atoms with Crippen molar-refractivity contribution in [2.75, 3.05) is 0 Å². The Balaban J connectivity index is 2.16. The van der Waals surface area contributed by atoms with Gasteiger partial charge in [0.1, 0.15) is 0 Å². The maximum atomic E-state index is 5.88. The minimum Gasteiger partial charge on any atom is -0.271 e.